The maximum absolute atomic E-state index is 2.45. The number of fused-ring (bicyclic) bond motifs is 3. The number of benzene rings is 1. The Balaban J connectivity index is 1.69. The molecule has 1 atom stereocenters. The molecule has 0 saturated heterocycles. The van der Waals surface area contributed by atoms with Crippen LogP contribution in [0.1, 0.15) is 49.8 Å². The van der Waals surface area contributed by atoms with Gasteiger partial charge in [0.25, 0.3) is 0 Å². The van der Waals surface area contributed by atoms with Crippen LogP contribution in [0.5, 0.6) is 0 Å². The monoisotopic (exact) mass is 267 g/mol. The van der Waals surface area contributed by atoms with Crippen molar-refractivity contribution in [3.63, 3.8) is 0 Å². The van der Waals surface area contributed by atoms with E-state index in [1.54, 1.807) is 11.3 Å². The van der Waals surface area contributed by atoms with Crippen molar-refractivity contribution in [2.45, 2.75) is 51.4 Å². The first-order valence-electron chi connectivity index (χ1n) is 8.40. The average Bonchev–Trinajstić information content (AvgIpc) is 2.81. The molecular weight excluding hydrogens is 242 g/mol. The summed E-state index contributed by atoms with van der Waals surface area (Å²) in [6.45, 7) is 0. The van der Waals surface area contributed by atoms with Gasteiger partial charge in [0.1, 0.15) is 0 Å². The Bertz CT molecular complexity index is 616. The molecule has 0 spiro atoms. The van der Waals surface area contributed by atoms with Crippen molar-refractivity contribution in [3.05, 3.63) is 35.5 Å². The van der Waals surface area contributed by atoms with Gasteiger partial charge in [-0.2, -0.15) is 0 Å². The van der Waals surface area contributed by atoms with E-state index in [2.05, 4.69) is 35.9 Å². The molecule has 2 aliphatic rings. The van der Waals surface area contributed by atoms with Crippen LogP contribution in [-0.2, 0) is 19.9 Å². The Morgan fingerprint density at radius 3 is 2.60 bits per heavy atom. The number of rotatable bonds is 1. The second kappa shape index (κ2) is 4.95. The van der Waals surface area contributed by atoms with Gasteiger partial charge < -0.3 is 4.57 Å². The van der Waals surface area contributed by atoms with E-state index < -0.39 is 0 Å². The minimum atomic E-state index is 0.952. The standard InChI is InChI=1S/C19H25N/c1-20-18-10-6-5-9-16(18)17-13-15(11-12-19(17)20)14-7-3-2-4-8-14/h5-6,9-10,14-15H,2-4,7-8,11-13H2,1H3/t15-/m0/s1. The summed E-state index contributed by atoms with van der Waals surface area (Å²) in [6, 6.07) is 8.99. The van der Waals surface area contributed by atoms with E-state index in [4.69, 9.17) is 0 Å². The Hall–Kier alpha value is -1.24. The summed E-state index contributed by atoms with van der Waals surface area (Å²) >= 11 is 0. The average molecular weight is 267 g/mol. The molecule has 2 aromatic rings. The van der Waals surface area contributed by atoms with Gasteiger partial charge in [-0.1, -0.05) is 50.3 Å². The topological polar surface area (TPSA) is 4.93 Å². The lowest BCUT2D eigenvalue weighted by Gasteiger charge is -2.33. The number of para-hydroxylation sites is 1. The van der Waals surface area contributed by atoms with E-state index in [9.17, 15) is 0 Å². The summed E-state index contributed by atoms with van der Waals surface area (Å²) < 4.78 is 2.45. The molecule has 0 bridgehead atoms. The molecule has 0 N–H and O–H groups in total. The van der Waals surface area contributed by atoms with E-state index in [1.807, 2.05) is 0 Å². The zero-order valence-corrected chi connectivity index (χ0v) is 12.6. The Kier molecular flexibility index (Phi) is 3.09. The van der Waals surface area contributed by atoms with Crippen LogP contribution in [0.4, 0.5) is 0 Å². The summed E-state index contributed by atoms with van der Waals surface area (Å²) in [5.74, 6) is 1.96. The second-order valence-electron chi connectivity index (χ2n) is 6.90. The van der Waals surface area contributed by atoms with E-state index >= 15 is 0 Å². The molecule has 0 unspecified atom stereocenters. The summed E-state index contributed by atoms with van der Waals surface area (Å²) in [5.41, 5.74) is 4.71. The second-order valence-corrected chi connectivity index (χ2v) is 6.90. The van der Waals surface area contributed by atoms with Gasteiger partial charge in [0, 0.05) is 23.6 Å². The van der Waals surface area contributed by atoms with Gasteiger partial charge in [0.15, 0.2) is 0 Å². The third-order valence-corrected chi connectivity index (χ3v) is 5.88. The van der Waals surface area contributed by atoms with E-state index in [-0.39, 0.29) is 0 Å². The smallest absolute Gasteiger partial charge is 0.0482 e. The fourth-order valence-corrected chi connectivity index (χ4v) is 4.77. The van der Waals surface area contributed by atoms with Gasteiger partial charge in [-0.25, -0.2) is 0 Å². The van der Waals surface area contributed by atoms with E-state index in [0.717, 1.165) is 11.8 Å². The van der Waals surface area contributed by atoms with E-state index in [0.29, 0.717) is 0 Å². The van der Waals surface area contributed by atoms with Crippen LogP contribution in [-0.4, -0.2) is 4.57 Å². The molecule has 2 aliphatic carbocycles. The molecular formula is C19H25N. The number of nitrogens with zero attached hydrogens (tertiary/aromatic N) is 1. The Morgan fingerprint density at radius 1 is 0.950 bits per heavy atom. The normalized spacial score (nSPS) is 23.9. The van der Waals surface area contributed by atoms with E-state index in [1.165, 1.54) is 62.3 Å². The van der Waals surface area contributed by atoms with Crippen LogP contribution in [0.25, 0.3) is 10.9 Å². The Labute approximate surface area is 122 Å². The molecule has 1 aromatic carbocycles. The zero-order valence-electron chi connectivity index (χ0n) is 12.6. The van der Waals surface area contributed by atoms with Gasteiger partial charge in [-0.05, 0) is 42.7 Å². The molecule has 0 aliphatic heterocycles. The molecule has 1 nitrogen and oxygen atoms in total. The molecule has 1 aromatic heterocycles. The van der Waals surface area contributed by atoms with Crippen molar-refractivity contribution in [2.75, 3.05) is 0 Å². The van der Waals surface area contributed by atoms with Crippen molar-refractivity contribution in [2.24, 2.45) is 18.9 Å². The van der Waals surface area contributed by atoms with Crippen LogP contribution >= 0.6 is 0 Å². The summed E-state index contributed by atoms with van der Waals surface area (Å²) in [6.07, 6.45) is 11.5. The SMILES string of the molecule is Cn1c2c(c3ccccc31)C[C@@H](C1CCCCC1)CC2. The lowest BCUT2D eigenvalue weighted by atomic mass is 9.72. The maximum atomic E-state index is 2.45. The highest BCUT2D eigenvalue weighted by Gasteiger charge is 2.30. The summed E-state index contributed by atoms with van der Waals surface area (Å²) in [5, 5.41) is 1.52. The molecule has 4 rings (SSSR count). The molecule has 1 saturated carbocycles. The van der Waals surface area contributed by atoms with Crippen LogP contribution < -0.4 is 0 Å². The maximum Gasteiger partial charge on any atom is 0.0482 e. The highest BCUT2D eigenvalue weighted by Crippen LogP contribution is 2.40. The number of aryl methyl sites for hydroxylation is 1. The number of aromatic nitrogens is 1. The molecule has 106 valence electrons. The minimum Gasteiger partial charge on any atom is -0.347 e. The molecule has 0 radical (unpaired) electrons. The van der Waals surface area contributed by atoms with Crippen molar-refractivity contribution in [1.82, 2.24) is 4.57 Å². The van der Waals surface area contributed by atoms with Gasteiger partial charge in [0.05, 0.1) is 0 Å². The first-order chi connectivity index (χ1) is 9.84. The van der Waals surface area contributed by atoms with Gasteiger partial charge in [-0.15, -0.1) is 0 Å². The number of hydrogen-bond donors (Lipinski definition) is 0. The van der Waals surface area contributed by atoms with Gasteiger partial charge >= 0.3 is 0 Å². The number of hydrogen-bond acceptors (Lipinski definition) is 0. The first-order valence-corrected chi connectivity index (χ1v) is 8.40. The molecule has 0 amide bonds. The largest absolute Gasteiger partial charge is 0.347 e. The van der Waals surface area contributed by atoms with Crippen LogP contribution in [0.3, 0.4) is 0 Å². The predicted octanol–water partition coefficient (Wildman–Crippen LogP) is 4.86. The van der Waals surface area contributed by atoms with Crippen LogP contribution in [0, 0.1) is 11.8 Å². The highest BCUT2D eigenvalue weighted by molar-refractivity contribution is 5.85. The molecule has 1 fully saturated rings. The highest BCUT2D eigenvalue weighted by atomic mass is 15.0. The fourth-order valence-electron chi connectivity index (χ4n) is 4.77. The minimum absolute atomic E-state index is 0.952. The van der Waals surface area contributed by atoms with Crippen LogP contribution in [0.15, 0.2) is 24.3 Å². The molecule has 20 heavy (non-hydrogen) atoms. The third-order valence-electron chi connectivity index (χ3n) is 5.88. The van der Waals surface area contributed by atoms with Gasteiger partial charge in [-0.3, -0.25) is 0 Å². The molecule has 1 heteroatoms. The third kappa shape index (κ3) is 1.90. The predicted molar refractivity (Wildman–Crippen MR) is 85.0 cm³/mol. The zero-order chi connectivity index (χ0) is 13.5. The quantitative estimate of drug-likeness (QED) is 0.695. The lowest BCUT2D eigenvalue weighted by Crippen LogP contribution is -2.24. The Morgan fingerprint density at radius 2 is 1.75 bits per heavy atom. The van der Waals surface area contributed by atoms with Gasteiger partial charge in [0.2, 0.25) is 0 Å². The first kappa shape index (κ1) is 12.5. The van der Waals surface area contributed by atoms with Crippen LogP contribution in [0.2, 0.25) is 0 Å². The van der Waals surface area contributed by atoms with Crippen molar-refractivity contribution >= 4 is 10.9 Å². The van der Waals surface area contributed by atoms with Crippen molar-refractivity contribution in [3.8, 4) is 0 Å². The fraction of sp³-hybridized carbons (Fsp3) is 0.579. The van der Waals surface area contributed by atoms with Crippen molar-refractivity contribution in [1.29, 1.82) is 0 Å². The lowest BCUT2D eigenvalue weighted by molar-refractivity contribution is 0.227. The van der Waals surface area contributed by atoms with Crippen molar-refractivity contribution < 1.29 is 0 Å². The summed E-state index contributed by atoms with van der Waals surface area (Å²) in [4.78, 5) is 0. The summed E-state index contributed by atoms with van der Waals surface area (Å²) in [7, 11) is 2.25. The molecule has 1 heterocycles.